The molecule has 6 nitrogen and oxygen atoms in total. The van der Waals surface area contributed by atoms with Crippen molar-refractivity contribution >= 4 is 34.1 Å². The van der Waals surface area contributed by atoms with Crippen molar-refractivity contribution in [1.82, 2.24) is 0 Å². The van der Waals surface area contributed by atoms with E-state index < -0.39 is 0 Å². The Kier molecular flexibility index (Phi) is 11.9. The molecule has 0 saturated carbocycles. The van der Waals surface area contributed by atoms with E-state index in [0.29, 0.717) is 26.1 Å². The zero-order chi connectivity index (χ0) is 35.6. The van der Waals surface area contributed by atoms with E-state index in [0.717, 1.165) is 73.1 Å². The molecule has 0 atom stereocenters. The molecule has 0 aromatic heterocycles. The van der Waals surface area contributed by atoms with Gasteiger partial charge in [-0.1, -0.05) is 66.7 Å². The van der Waals surface area contributed by atoms with Gasteiger partial charge in [0.15, 0.2) is 0 Å². The van der Waals surface area contributed by atoms with E-state index in [-0.39, 0.29) is 13.2 Å². The van der Waals surface area contributed by atoms with E-state index in [9.17, 15) is 10.2 Å². The summed E-state index contributed by atoms with van der Waals surface area (Å²) in [5.74, 6) is 0. The van der Waals surface area contributed by atoms with Gasteiger partial charge >= 0.3 is 0 Å². The molecule has 6 aromatic carbocycles. The van der Waals surface area contributed by atoms with Crippen molar-refractivity contribution in [3.63, 3.8) is 0 Å². The lowest BCUT2D eigenvalue weighted by atomic mass is 10.0. The van der Waals surface area contributed by atoms with Gasteiger partial charge in [-0.05, 0) is 132 Å². The first kappa shape index (κ1) is 35.6. The fourth-order valence-corrected chi connectivity index (χ4v) is 6.46. The van der Waals surface area contributed by atoms with Crippen LogP contribution < -0.4 is 9.80 Å². The summed E-state index contributed by atoms with van der Waals surface area (Å²) < 4.78 is 10.7. The van der Waals surface area contributed by atoms with Gasteiger partial charge < -0.3 is 29.5 Å². The summed E-state index contributed by atoms with van der Waals surface area (Å²) in [4.78, 5) is 4.53. The Labute approximate surface area is 301 Å². The maximum absolute atomic E-state index is 9.44. The summed E-state index contributed by atoms with van der Waals surface area (Å²) in [5.41, 5.74) is 14.2. The predicted octanol–water partition coefficient (Wildman–Crippen LogP) is 9.96. The molecular weight excluding hydrogens is 633 g/mol. The van der Waals surface area contributed by atoms with E-state index >= 15 is 0 Å². The number of methoxy groups -OCH3 is 2. The molecular formula is C45H46N2O4. The Morgan fingerprint density at radius 3 is 1.16 bits per heavy atom. The van der Waals surface area contributed by atoms with Crippen molar-refractivity contribution in [2.45, 2.75) is 33.0 Å². The van der Waals surface area contributed by atoms with Crippen LogP contribution in [0.3, 0.4) is 0 Å². The average molecular weight is 679 g/mol. The van der Waals surface area contributed by atoms with Crippen molar-refractivity contribution in [1.29, 1.82) is 0 Å². The van der Waals surface area contributed by atoms with Crippen LogP contribution >= 0.6 is 0 Å². The SMILES string of the molecule is COCc1ccc(N(c2ccc(COC)cc2)c2ccc(-c3ccc(N(c4ccc(CCO)cc4)c4ccc(CCO)cc4)c(C)c3)cc2)cc1. The van der Waals surface area contributed by atoms with Crippen molar-refractivity contribution < 1.29 is 19.7 Å². The standard InChI is InChI=1S/C45H46N2O4/c1-33-30-39(14-25-45(33)47(43-15-4-34(5-16-43)26-28-48)44-17-6-35(7-18-44)27-29-49)38-12-23-42(24-13-38)46(40-19-8-36(9-20-40)31-50-2)41-21-10-37(11-22-41)32-51-3/h4-25,30,48-49H,26-29,31-32H2,1-3H3. The molecule has 0 amide bonds. The summed E-state index contributed by atoms with van der Waals surface area (Å²) in [5, 5.41) is 18.9. The van der Waals surface area contributed by atoms with E-state index in [1.165, 1.54) is 0 Å². The molecule has 0 spiro atoms. The van der Waals surface area contributed by atoms with Gasteiger partial charge in [0, 0.05) is 61.6 Å². The summed E-state index contributed by atoms with van der Waals surface area (Å²) in [6, 6.07) is 49.1. The molecule has 6 aromatic rings. The summed E-state index contributed by atoms with van der Waals surface area (Å²) in [7, 11) is 3.43. The van der Waals surface area contributed by atoms with Crippen LogP contribution in [0.15, 0.2) is 140 Å². The number of aliphatic hydroxyl groups is 2. The second kappa shape index (κ2) is 17.1. The molecule has 0 aliphatic carbocycles. The highest BCUT2D eigenvalue weighted by molar-refractivity contribution is 5.82. The third-order valence-electron chi connectivity index (χ3n) is 9.10. The second-order valence-corrected chi connectivity index (χ2v) is 12.7. The lowest BCUT2D eigenvalue weighted by molar-refractivity contribution is 0.185. The lowest BCUT2D eigenvalue weighted by Crippen LogP contribution is -2.12. The van der Waals surface area contributed by atoms with Gasteiger partial charge in [0.2, 0.25) is 0 Å². The monoisotopic (exact) mass is 678 g/mol. The Hall–Kier alpha value is -5.24. The molecule has 0 radical (unpaired) electrons. The molecule has 0 fully saturated rings. The van der Waals surface area contributed by atoms with Crippen LogP contribution in [-0.4, -0.2) is 37.6 Å². The highest BCUT2D eigenvalue weighted by atomic mass is 16.5. The second-order valence-electron chi connectivity index (χ2n) is 12.7. The molecule has 0 unspecified atom stereocenters. The van der Waals surface area contributed by atoms with Crippen LogP contribution in [0.25, 0.3) is 11.1 Å². The maximum atomic E-state index is 9.44. The first-order valence-electron chi connectivity index (χ1n) is 17.4. The third kappa shape index (κ3) is 8.56. The largest absolute Gasteiger partial charge is 0.396 e. The van der Waals surface area contributed by atoms with Crippen LogP contribution in [0.4, 0.5) is 34.1 Å². The quantitative estimate of drug-likeness (QED) is 0.113. The average Bonchev–Trinajstić information content (AvgIpc) is 3.16. The van der Waals surface area contributed by atoms with Crippen molar-refractivity contribution in [3.05, 3.63) is 167 Å². The smallest absolute Gasteiger partial charge is 0.0713 e. The number of hydrogen-bond donors (Lipinski definition) is 2. The zero-order valence-electron chi connectivity index (χ0n) is 29.6. The lowest BCUT2D eigenvalue weighted by Gasteiger charge is -2.28. The topological polar surface area (TPSA) is 65.4 Å². The van der Waals surface area contributed by atoms with Crippen LogP contribution in [0.1, 0.15) is 27.8 Å². The zero-order valence-corrected chi connectivity index (χ0v) is 29.6. The van der Waals surface area contributed by atoms with Gasteiger partial charge in [-0.2, -0.15) is 0 Å². The molecule has 0 aliphatic heterocycles. The Bertz CT molecular complexity index is 1870. The minimum atomic E-state index is 0.124. The minimum Gasteiger partial charge on any atom is -0.396 e. The Morgan fingerprint density at radius 2 is 0.784 bits per heavy atom. The van der Waals surface area contributed by atoms with Crippen molar-refractivity contribution in [2.24, 2.45) is 0 Å². The van der Waals surface area contributed by atoms with Gasteiger partial charge in [0.05, 0.1) is 13.2 Å². The first-order valence-corrected chi connectivity index (χ1v) is 17.4. The number of benzene rings is 6. The number of rotatable bonds is 15. The summed E-state index contributed by atoms with van der Waals surface area (Å²) >= 11 is 0. The van der Waals surface area contributed by atoms with E-state index in [2.05, 4.69) is 156 Å². The van der Waals surface area contributed by atoms with E-state index in [1.807, 2.05) is 0 Å². The van der Waals surface area contributed by atoms with Crippen LogP contribution in [0, 0.1) is 6.92 Å². The van der Waals surface area contributed by atoms with Gasteiger partial charge in [-0.3, -0.25) is 0 Å². The van der Waals surface area contributed by atoms with Gasteiger partial charge in [0.25, 0.3) is 0 Å². The maximum Gasteiger partial charge on any atom is 0.0713 e. The van der Waals surface area contributed by atoms with Gasteiger partial charge in [-0.25, -0.2) is 0 Å². The number of hydrogen-bond acceptors (Lipinski definition) is 6. The van der Waals surface area contributed by atoms with Crippen LogP contribution in [0.5, 0.6) is 0 Å². The summed E-state index contributed by atoms with van der Waals surface area (Å²) in [6.07, 6.45) is 1.25. The molecule has 2 N–H and O–H groups in total. The summed E-state index contributed by atoms with van der Waals surface area (Å²) in [6.45, 7) is 3.55. The predicted molar refractivity (Wildman–Crippen MR) is 209 cm³/mol. The van der Waals surface area contributed by atoms with E-state index in [1.54, 1.807) is 14.2 Å². The highest BCUT2D eigenvalue weighted by Gasteiger charge is 2.17. The van der Waals surface area contributed by atoms with Gasteiger partial charge in [0.1, 0.15) is 0 Å². The fourth-order valence-electron chi connectivity index (χ4n) is 6.46. The first-order chi connectivity index (χ1) is 25.0. The van der Waals surface area contributed by atoms with Crippen LogP contribution in [0.2, 0.25) is 0 Å². The number of anilines is 6. The number of nitrogens with zero attached hydrogens (tertiary/aromatic N) is 2. The highest BCUT2D eigenvalue weighted by Crippen LogP contribution is 2.40. The molecule has 6 heteroatoms. The Morgan fingerprint density at radius 1 is 0.431 bits per heavy atom. The Balaban J connectivity index is 1.32. The number of aliphatic hydroxyl groups excluding tert-OH is 2. The number of ether oxygens (including phenoxy) is 2. The van der Waals surface area contributed by atoms with Crippen molar-refractivity contribution in [2.75, 3.05) is 37.2 Å². The normalized spacial score (nSPS) is 11.1. The third-order valence-corrected chi connectivity index (χ3v) is 9.10. The molecule has 51 heavy (non-hydrogen) atoms. The fraction of sp³-hybridized carbons (Fsp3) is 0.200. The van der Waals surface area contributed by atoms with E-state index in [4.69, 9.17) is 9.47 Å². The van der Waals surface area contributed by atoms with Crippen LogP contribution in [-0.2, 0) is 35.5 Å². The molecule has 6 rings (SSSR count). The minimum absolute atomic E-state index is 0.124. The molecule has 0 bridgehead atoms. The molecule has 0 saturated heterocycles. The molecule has 0 aliphatic rings. The molecule has 260 valence electrons. The van der Waals surface area contributed by atoms with Gasteiger partial charge in [-0.15, -0.1) is 0 Å². The molecule has 0 heterocycles. The van der Waals surface area contributed by atoms with Crippen molar-refractivity contribution in [3.8, 4) is 11.1 Å². The number of aryl methyl sites for hydroxylation is 1.